The highest BCUT2D eigenvalue weighted by atomic mass is 35.5. The third-order valence-corrected chi connectivity index (χ3v) is 3.15. The first kappa shape index (κ1) is 15.2. The van der Waals surface area contributed by atoms with Gasteiger partial charge in [0.2, 0.25) is 5.91 Å². The van der Waals surface area contributed by atoms with Gasteiger partial charge in [0.15, 0.2) is 0 Å². The molecule has 3 N–H and O–H groups in total. The van der Waals surface area contributed by atoms with Crippen LogP contribution in [0.2, 0.25) is 10.2 Å². The summed E-state index contributed by atoms with van der Waals surface area (Å²) in [6, 6.07) is 1.49. The van der Waals surface area contributed by atoms with Crippen LogP contribution in [-0.4, -0.2) is 33.8 Å². The van der Waals surface area contributed by atoms with Crippen molar-refractivity contribution >= 4 is 29.1 Å². The predicted octanol–water partition coefficient (Wildman–Crippen LogP) is 1.31. The van der Waals surface area contributed by atoms with Crippen LogP contribution in [0.3, 0.4) is 0 Å². The molecule has 0 spiro atoms. The van der Waals surface area contributed by atoms with Gasteiger partial charge in [0.05, 0.1) is 11.1 Å². The van der Waals surface area contributed by atoms with Crippen molar-refractivity contribution in [1.29, 1.82) is 0 Å². The summed E-state index contributed by atoms with van der Waals surface area (Å²) in [6.07, 6.45) is -0.621. The van der Waals surface area contributed by atoms with Crippen LogP contribution in [0.5, 0.6) is 0 Å². The SMILES string of the molecule is CC(=O)NCCC(O)C(O)c1ccnc(Cl)c1Cl. The van der Waals surface area contributed by atoms with Crippen molar-refractivity contribution in [3.8, 4) is 0 Å². The molecule has 0 fully saturated rings. The first-order chi connectivity index (χ1) is 8.43. The quantitative estimate of drug-likeness (QED) is 0.715. The van der Waals surface area contributed by atoms with Crippen molar-refractivity contribution in [2.45, 2.75) is 25.6 Å². The lowest BCUT2D eigenvalue weighted by Crippen LogP contribution is -2.27. The fourth-order valence-electron chi connectivity index (χ4n) is 1.42. The first-order valence-corrected chi connectivity index (χ1v) is 6.09. The molecule has 0 aliphatic carbocycles. The molecule has 0 aliphatic rings. The number of carbonyl (C=O) groups excluding carboxylic acids is 1. The number of pyridine rings is 1. The van der Waals surface area contributed by atoms with Gasteiger partial charge >= 0.3 is 0 Å². The Morgan fingerprint density at radius 2 is 2.17 bits per heavy atom. The van der Waals surface area contributed by atoms with Gasteiger partial charge in [0, 0.05) is 25.2 Å². The lowest BCUT2D eigenvalue weighted by molar-refractivity contribution is -0.119. The third-order valence-electron chi connectivity index (χ3n) is 2.37. The molecular formula is C11H14Cl2N2O3. The molecule has 5 nitrogen and oxygen atoms in total. The van der Waals surface area contributed by atoms with Gasteiger partial charge in [-0.15, -0.1) is 0 Å². The number of carbonyl (C=O) groups is 1. The summed E-state index contributed by atoms with van der Waals surface area (Å²) >= 11 is 11.6. The molecule has 1 aromatic rings. The zero-order chi connectivity index (χ0) is 13.7. The number of rotatable bonds is 5. The minimum absolute atomic E-state index is 0.0716. The third kappa shape index (κ3) is 4.10. The Bertz CT molecular complexity index is 429. The first-order valence-electron chi connectivity index (χ1n) is 5.34. The van der Waals surface area contributed by atoms with E-state index in [1.165, 1.54) is 19.2 Å². The van der Waals surface area contributed by atoms with E-state index in [0.29, 0.717) is 5.56 Å². The van der Waals surface area contributed by atoms with Crippen molar-refractivity contribution in [2.75, 3.05) is 6.54 Å². The highest BCUT2D eigenvalue weighted by Crippen LogP contribution is 2.30. The van der Waals surface area contributed by atoms with Crippen LogP contribution in [0, 0.1) is 0 Å². The number of halogens is 2. The van der Waals surface area contributed by atoms with Crippen molar-refractivity contribution in [1.82, 2.24) is 10.3 Å². The lowest BCUT2D eigenvalue weighted by Gasteiger charge is -2.19. The van der Waals surface area contributed by atoms with Crippen LogP contribution in [-0.2, 0) is 4.79 Å². The van der Waals surface area contributed by atoms with Gasteiger partial charge in [0.1, 0.15) is 11.3 Å². The molecule has 0 aliphatic heterocycles. The zero-order valence-corrected chi connectivity index (χ0v) is 11.2. The maximum atomic E-state index is 10.7. The number of nitrogens with zero attached hydrogens (tertiary/aromatic N) is 1. The molecule has 1 rings (SSSR count). The van der Waals surface area contributed by atoms with Crippen LogP contribution >= 0.6 is 23.2 Å². The van der Waals surface area contributed by atoms with E-state index < -0.39 is 12.2 Å². The summed E-state index contributed by atoms with van der Waals surface area (Å²) in [4.78, 5) is 14.4. The normalized spacial score (nSPS) is 14.1. The van der Waals surface area contributed by atoms with E-state index >= 15 is 0 Å². The van der Waals surface area contributed by atoms with Gasteiger partial charge < -0.3 is 15.5 Å². The zero-order valence-electron chi connectivity index (χ0n) is 9.73. The Morgan fingerprint density at radius 1 is 1.50 bits per heavy atom. The van der Waals surface area contributed by atoms with Crippen molar-refractivity contribution in [3.63, 3.8) is 0 Å². The fraction of sp³-hybridized carbons (Fsp3) is 0.455. The Kier molecular flexibility index (Phi) is 5.81. The molecule has 0 saturated carbocycles. The van der Waals surface area contributed by atoms with Crippen molar-refractivity contribution in [3.05, 3.63) is 28.0 Å². The number of aliphatic hydroxyl groups is 2. The smallest absolute Gasteiger partial charge is 0.216 e. The molecule has 1 amide bonds. The van der Waals surface area contributed by atoms with Crippen LogP contribution in [0.1, 0.15) is 25.0 Å². The van der Waals surface area contributed by atoms with E-state index in [2.05, 4.69) is 10.3 Å². The Labute approximate surface area is 115 Å². The topological polar surface area (TPSA) is 82.5 Å². The second-order valence-electron chi connectivity index (χ2n) is 3.79. The molecule has 1 aromatic heterocycles. The molecule has 2 unspecified atom stereocenters. The maximum Gasteiger partial charge on any atom is 0.216 e. The van der Waals surface area contributed by atoms with E-state index in [1.54, 1.807) is 0 Å². The minimum atomic E-state index is -1.17. The molecule has 18 heavy (non-hydrogen) atoms. The Morgan fingerprint density at radius 3 is 2.78 bits per heavy atom. The summed E-state index contributed by atoms with van der Waals surface area (Å²) in [5.41, 5.74) is 0.312. The number of amides is 1. The minimum Gasteiger partial charge on any atom is -0.390 e. The molecule has 0 aromatic carbocycles. The standard InChI is InChI=1S/C11H14Cl2N2O3/c1-6(16)14-5-3-8(17)10(18)7-2-4-15-11(13)9(7)12/h2,4,8,10,17-18H,3,5H2,1H3,(H,14,16). The molecule has 0 bridgehead atoms. The highest BCUT2D eigenvalue weighted by Gasteiger charge is 2.21. The second kappa shape index (κ2) is 6.89. The van der Waals surface area contributed by atoms with Crippen LogP contribution < -0.4 is 5.32 Å². The van der Waals surface area contributed by atoms with E-state index in [1.807, 2.05) is 0 Å². The van der Waals surface area contributed by atoms with Crippen LogP contribution in [0.15, 0.2) is 12.3 Å². The number of aliphatic hydroxyl groups excluding tert-OH is 2. The summed E-state index contributed by atoms with van der Waals surface area (Å²) in [7, 11) is 0. The second-order valence-corrected chi connectivity index (χ2v) is 4.52. The van der Waals surface area contributed by atoms with Gasteiger partial charge in [-0.25, -0.2) is 4.98 Å². The number of hydrogen-bond acceptors (Lipinski definition) is 4. The van der Waals surface area contributed by atoms with Gasteiger partial charge in [-0.05, 0) is 12.5 Å². The van der Waals surface area contributed by atoms with Crippen LogP contribution in [0.25, 0.3) is 0 Å². The summed E-state index contributed by atoms with van der Waals surface area (Å²) in [5.74, 6) is -0.193. The molecular weight excluding hydrogens is 279 g/mol. The number of aromatic nitrogens is 1. The van der Waals surface area contributed by atoms with Gasteiger partial charge in [0.25, 0.3) is 0 Å². The lowest BCUT2D eigenvalue weighted by atomic mass is 10.0. The Hall–Kier alpha value is -0.880. The summed E-state index contributed by atoms with van der Waals surface area (Å²) in [6.45, 7) is 1.65. The molecule has 1 heterocycles. The highest BCUT2D eigenvalue weighted by molar-refractivity contribution is 6.41. The molecule has 100 valence electrons. The molecule has 0 radical (unpaired) electrons. The van der Waals surface area contributed by atoms with E-state index in [4.69, 9.17) is 23.2 Å². The Balaban J connectivity index is 2.65. The predicted molar refractivity (Wildman–Crippen MR) is 68.5 cm³/mol. The summed E-state index contributed by atoms with van der Waals surface area (Å²) < 4.78 is 0. The van der Waals surface area contributed by atoms with Gasteiger partial charge in [-0.1, -0.05) is 23.2 Å². The number of nitrogens with one attached hydrogen (secondary N) is 1. The molecule has 0 saturated heterocycles. The van der Waals surface area contributed by atoms with E-state index in [9.17, 15) is 15.0 Å². The van der Waals surface area contributed by atoms with Gasteiger partial charge in [-0.2, -0.15) is 0 Å². The maximum absolute atomic E-state index is 10.7. The van der Waals surface area contributed by atoms with E-state index in [0.717, 1.165) is 0 Å². The van der Waals surface area contributed by atoms with Crippen molar-refractivity contribution < 1.29 is 15.0 Å². The van der Waals surface area contributed by atoms with Crippen LogP contribution in [0.4, 0.5) is 0 Å². The average molecular weight is 293 g/mol. The average Bonchev–Trinajstić information content (AvgIpc) is 2.31. The summed E-state index contributed by atoms with van der Waals surface area (Å²) in [5, 5.41) is 22.4. The van der Waals surface area contributed by atoms with E-state index in [-0.39, 0.29) is 29.0 Å². The van der Waals surface area contributed by atoms with Gasteiger partial charge in [-0.3, -0.25) is 4.79 Å². The molecule has 7 heteroatoms. The fourth-order valence-corrected chi connectivity index (χ4v) is 1.81. The molecule has 2 atom stereocenters. The number of hydrogen-bond donors (Lipinski definition) is 3. The van der Waals surface area contributed by atoms with Crippen molar-refractivity contribution in [2.24, 2.45) is 0 Å². The monoisotopic (exact) mass is 292 g/mol. The largest absolute Gasteiger partial charge is 0.390 e.